The lowest BCUT2D eigenvalue weighted by Crippen LogP contribution is -1.99. The summed E-state index contributed by atoms with van der Waals surface area (Å²) >= 11 is 0. The second-order valence-corrected chi connectivity index (χ2v) is 3.39. The molecule has 2 aromatic rings. The highest BCUT2D eigenvalue weighted by Crippen LogP contribution is 2.37. The smallest absolute Gasteiger partial charge is 0.306 e. The van der Waals surface area contributed by atoms with Crippen LogP contribution in [0.25, 0.3) is 10.8 Å². The first-order valence-corrected chi connectivity index (χ1v) is 4.62. The highest BCUT2D eigenvalue weighted by Gasteiger charge is 2.24. The SMILES string of the molecule is Cl.Nc1ccc2cccc([N+](=O)[O-])c2c1[N+](=O)[O-]. The summed E-state index contributed by atoms with van der Waals surface area (Å²) in [5, 5.41) is 22.1. The van der Waals surface area contributed by atoms with Gasteiger partial charge >= 0.3 is 5.69 Å². The summed E-state index contributed by atoms with van der Waals surface area (Å²) in [6, 6.07) is 7.14. The van der Waals surface area contributed by atoms with Crippen molar-refractivity contribution >= 4 is 40.2 Å². The van der Waals surface area contributed by atoms with E-state index < -0.39 is 15.5 Å². The summed E-state index contributed by atoms with van der Waals surface area (Å²) in [5.41, 5.74) is 4.67. The molecular formula is C10H8ClN3O4. The lowest BCUT2D eigenvalue weighted by Gasteiger charge is -2.03. The Balaban J connectivity index is 0.00000162. The Hall–Kier alpha value is -2.41. The largest absolute Gasteiger partial charge is 0.393 e. The maximum atomic E-state index is 10.9. The second kappa shape index (κ2) is 4.84. The van der Waals surface area contributed by atoms with Crippen molar-refractivity contribution in [1.82, 2.24) is 0 Å². The molecule has 0 unspecified atom stereocenters. The molecule has 0 saturated carbocycles. The number of nitrogens with zero attached hydrogens (tertiary/aromatic N) is 2. The van der Waals surface area contributed by atoms with Crippen molar-refractivity contribution in [3.63, 3.8) is 0 Å². The number of rotatable bonds is 2. The molecule has 18 heavy (non-hydrogen) atoms. The molecule has 2 N–H and O–H groups in total. The monoisotopic (exact) mass is 269 g/mol. The molecule has 2 aromatic carbocycles. The van der Waals surface area contributed by atoms with Gasteiger partial charge < -0.3 is 5.73 Å². The number of nitrogen functional groups attached to an aromatic ring is 1. The molecule has 2 rings (SSSR count). The van der Waals surface area contributed by atoms with Gasteiger partial charge in [-0.05, 0) is 11.5 Å². The van der Waals surface area contributed by atoms with Crippen LogP contribution in [0.2, 0.25) is 0 Å². The third kappa shape index (κ3) is 2.03. The molecule has 0 aliphatic carbocycles. The van der Waals surface area contributed by atoms with Gasteiger partial charge in [0, 0.05) is 6.07 Å². The third-order valence-electron chi connectivity index (χ3n) is 2.41. The van der Waals surface area contributed by atoms with E-state index in [0.29, 0.717) is 5.39 Å². The Morgan fingerprint density at radius 2 is 1.67 bits per heavy atom. The predicted molar refractivity (Wildman–Crippen MR) is 68.9 cm³/mol. The molecule has 0 amide bonds. The Bertz CT molecular complexity index is 644. The number of nitro groups is 2. The van der Waals surface area contributed by atoms with Gasteiger partial charge in [-0.3, -0.25) is 20.2 Å². The van der Waals surface area contributed by atoms with Gasteiger partial charge in [0.2, 0.25) is 0 Å². The summed E-state index contributed by atoms with van der Waals surface area (Å²) in [5.74, 6) is 0. The second-order valence-electron chi connectivity index (χ2n) is 3.39. The van der Waals surface area contributed by atoms with Crippen molar-refractivity contribution in [1.29, 1.82) is 0 Å². The van der Waals surface area contributed by atoms with Crippen molar-refractivity contribution in [3.8, 4) is 0 Å². The molecule has 0 spiro atoms. The van der Waals surface area contributed by atoms with Crippen LogP contribution in [-0.4, -0.2) is 9.85 Å². The van der Waals surface area contributed by atoms with Gasteiger partial charge in [-0.15, -0.1) is 12.4 Å². The molecule has 0 radical (unpaired) electrons. The molecule has 0 aliphatic heterocycles. The van der Waals surface area contributed by atoms with Crippen molar-refractivity contribution < 1.29 is 9.85 Å². The van der Waals surface area contributed by atoms with E-state index in [4.69, 9.17) is 5.73 Å². The van der Waals surface area contributed by atoms with E-state index in [1.165, 1.54) is 24.3 Å². The van der Waals surface area contributed by atoms with Crippen molar-refractivity contribution in [3.05, 3.63) is 50.6 Å². The Morgan fingerprint density at radius 3 is 2.22 bits per heavy atom. The van der Waals surface area contributed by atoms with Crippen molar-refractivity contribution in [2.75, 3.05) is 5.73 Å². The highest BCUT2D eigenvalue weighted by atomic mass is 35.5. The van der Waals surface area contributed by atoms with Crippen LogP contribution in [-0.2, 0) is 0 Å². The Morgan fingerprint density at radius 1 is 1.00 bits per heavy atom. The quantitative estimate of drug-likeness (QED) is 0.511. The topological polar surface area (TPSA) is 112 Å². The molecule has 0 aromatic heterocycles. The summed E-state index contributed by atoms with van der Waals surface area (Å²) in [7, 11) is 0. The van der Waals surface area contributed by atoms with Gasteiger partial charge in [-0.25, -0.2) is 0 Å². The number of non-ortho nitro benzene ring substituents is 1. The molecular weight excluding hydrogens is 262 g/mol. The number of anilines is 1. The zero-order chi connectivity index (χ0) is 12.6. The fourth-order valence-electron chi connectivity index (χ4n) is 1.71. The first-order chi connectivity index (χ1) is 8.02. The van der Waals surface area contributed by atoms with Crippen LogP contribution >= 0.6 is 12.4 Å². The van der Waals surface area contributed by atoms with E-state index in [1.54, 1.807) is 6.07 Å². The van der Waals surface area contributed by atoms with E-state index in [1.807, 2.05) is 0 Å². The Kier molecular flexibility index (Phi) is 3.67. The molecule has 7 nitrogen and oxygen atoms in total. The average molecular weight is 270 g/mol. The summed E-state index contributed by atoms with van der Waals surface area (Å²) < 4.78 is 0. The normalized spacial score (nSPS) is 9.78. The minimum Gasteiger partial charge on any atom is -0.393 e. The number of hydrogen-bond acceptors (Lipinski definition) is 5. The molecule has 0 aliphatic rings. The fourth-order valence-corrected chi connectivity index (χ4v) is 1.71. The molecule has 0 atom stereocenters. The van der Waals surface area contributed by atoms with Gasteiger partial charge in [0.15, 0.2) is 0 Å². The zero-order valence-corrected chi connectivity index (χ0v) is 9.72. The first-order valence-electron chi connectivity index (χ1n) is 4.62. The highest BCUT2D eigenvalue weighted by molar-refractivity contribution is 6.02. The standard InChI is InChI=1S/C10H7N3O4.ClH/c11-7-5-4-6-2-1-3-8(12(14)15)9(6)10(7)13(16)17;/h1-5H,11H2;1H. The molecule has 0 heterocycles. The number of nitro benzene ring substituents is 2. The molecule has 0 saturated heterocycles. The van der Waals surface area contributed by atoms with E-state index >= 15 is 0 Å². The van der Waals surface area contributed by atoms with Crippen LogP contribution in [0.3, 0.4) is 0 Å². The zero-order valence-electron chi connectivity index (χ0n) is 8.90. The van der Waals surface area contributed by atoms with Crippen LogP contribution < -0.4 is 5.73 Å². The van der Waals surface area contributed by atoms with Crippen molar-refractivity contribution in [2.45, 2.75) is 0 Å². The third-order valence-corrected chi connectivity index (χ3v) is 2.41. The molecule has 94 valence electrons. The molecule has 0 fully saturated rings. The van der Waals surface area contributed by atoms with E-state index in [-0.39, 0.29) is 29.2 Å². The predicted octanol–water partition coefficient (Wildman–Crippen LogP) is 2.66. The van der Waals surface area contributed by atoms with Crippen LogP contribution in [0.5, 0.6) is 0 Å². The first kappa shape index (κ1) is 13.7. The van der Waals surface area contributed by atoms with Gasteiger partial charge in [0.1, 0.15) is 11.1 Å². The molecule has 8 heteroatoms. The van der Waals surface area contributed by atoms with Gasteiger partial charge in [-0.2, -0.15) is 0 Å². The number of hydrogen-bond donors (Lipinski definition) is 1. The van der Waals surface area contributed by atoms with Crippen LogP contribution in [0.15, 0.2) is 30.3 Å². The Labute approximate surface area is 107 Å². The van der Waals surface area contributed by atoms with Gasteiger partial charge in [0.25, 0.3) is 5.69 Å². The minimum atomic E-state index is -0.704. The lowest BCUT2D eigenvalue weighted by molar-refractivity contribution is -0.389. The number of nitrogens with two attached hydrogens (primary N) is 1. The number of benzene rings is 2. The maximum Gasteiger partial charge on any atom is 0.306 e. The van der Waals surface area contributed by atoms with Gasteiger partial charge in [0.05, 0.1) is 9.85 Å². The van der Waals surface area contributed by atoms with Crippen LogP contribution in [0.4, 0.5) is 17.1 Å². The van der Waals surface area contributed by atoms with E-state index in [2.05, 4.69) is 0 Å². The lowest BCUT2D eigenvalue weighted by atomic mass is 10.1. The van der Waals surface area contributed by atoms with E-state index in [0.717, 1.165) is 0 Å². The van der Waals surface area contributed by atoms with Crippen LogP contribution in [0.1, 0.15) is 0 Å². The molecule has 0 bridgehead atoms. The summed E-state index contributed by atoms with van der Waals surface area (Å²) in [4.78, 5) is 20.4. The summed E-state index contributed by atoms with van der Waals surface area (Å²) in [6.45, 7) is 0. The maximum absolute atomic E-state index is 10.9. The number of fused-ring (bicyclic) bond motifs is 1. The van der Waals surface area contributed by atoms with Crippen molar-refractivity contribution in [2.24, 2.45) is 0 Å². The fraction of sp³-hybridized carbons (Fsp3) is 0. The summed E-state index contributed by atoms with van der Waals surface area (Å²) in [6.07, 6.45) is 0. The van der Waals surface area contributed by atoms with Crippen LogP contribution in [0, 0.1) is 20.2 Å². The minimum absolute atomic E-state index is 0. The van der Waals surface area contributed by atoms with E-state index in [9.17, 15) is 20.2 Å². The number of halogens is 1. The van der Waals surface area contributed by atoms with Gasteiger partial charge in [-0.1, -0.05) is 18.2 Å². The average Bonchev–Trinajstić information content (AvgIpc) is 2.27.